The quantitative estimate of drug-likeness (QED) is 0.892. The highest BCUT2D eigenvalue weighted by atomic mass is 15.2. The fourth-order valence-corrected chi connectivity index (χ4v) is 3.04. The summed E-state index contributed by atoms with van der Waals surface area (Å²) in [4.78, 5) is 0. The molecular weight excluding hydrogens is 250 g/mol. The number of hydrogen-bond acceptors (Lipinski definition) is 4. The summed E-state index contributed by atoms with van der Waals surface area (Å²) in [7, 11) is 1.96. The Kier molecular flexibility index (Phi) is 3.69. The minimum atomic E-state index is 0.467. The summed E-state index contributed by atoms with van der Waals surface area (Å²) in [5.74, 6) is 1.46. The number of para-hydroxylation sites is 1. The van der Waals surface area contributed by atoms with Crippen molar-refractivity contribution in [3.8, 4) is 11.4 Å². The maximum atomic E-state index is 5.87. The van der Waals surface area contributed by atoms with Crippen LogP contribution in [0.25, 0.3) is 11.4 Å². The van der Waals surface area contributed by atoms with E-state index >= 15 is 0 Å². The van der Waals surface area contributed by atoms with E-state index < -0.39 is 0 Å². The fourth-order valence-electron chi connectivity index (χ4n) is 3.04. The Hall–Kier alpha value is -1.88. The Labute approximate surface area is 119 Å². The van der Waals surface area contributed by atoms with Gasteiger partial charge in [-0.3, -0.25) is 0 Å². The van der Waals surface area contributed by atoms with Gasteiger partial charge in [0.25, 0.3) is 0 Å². The van der Waals surface area contributed by atoms with Gasteiger partial charge in [0.1, 0.15) is 6.33 Å². The van der Waals surface area contributed by atoms with Gasteiger partial charge in [0, 0.05) is 24.3 Å². The summed E-state index contributed by atoms with van der Waals surface area (Å²) >= 11 is 0. The number of anilines is 1. The summed E-state index contributed by atoms with van der Waals surface area (Å²) in [6, 6.07) is 8.74. The number of rotatable bonds is 4. The fraction of sp³-hybridized carbons (Fsp3) is 0.467. The first-order valence-electron chi connectivity index (χ1n) is 7.19. The van der Waals surface area contributed by atoms with Crippen LogP contribution in [0, 0.1) is 5.92 Å². The Morgan fingerprint density at radius 3 is 2.95 bits per heavy atom. The van der Waals surface area contributed by atoms with Crippen molar-refractivity contribution in [2.24, 2.45) is 18.7 Å². The van der Waals surface area contributed by atoms with Crippen molar-refractivity contribution in [2.45, 2.75) is 25.3 Å². The van der Waals surface area contributed by atoms with Crippen LogP contribution < -0.4 is 11.1 Å². The van der Waals surface area contributed by atoms with E-state index in [4.69, 9.17) is 5.73 Å². The normalized spacial score (nSPS) is 22.1. The Balaban J connectivity index is 1.89. The highest BCUT2D eigenvalue weighted by Crippen LogP contribution is 2.32. The first-order chi connectivity index (χ1) is 9.79. The Morgan fingerprint density at radius 1 is 1.35 bits per heavy atom. The average molecular weight is 271 g/mol. The molecule has 2 atom stereocenters. The summed E-state index contributed by atoms with van der Waals surface area (Å²) < 4.78 is 1.94. The van der Waals surface area contributed by atoms with Crippen molar-refractivity contribution in [2.75, 3.05) is 11.9 Å². The van der Waals surface area contributed by atoms with Crippen LogP contribution in [-0.2, 0) is 7.05 Å². The van der Waals surface area contributed by atoms with Gasteiger partial charge in [-0.05, 0) is 37.4 Å². The maximum Gasteiger partial charge on any atom is 0.165 e. The molecule has 1 heterocycles. The van der Waals surface area contributed by atoms with Crippen LogP contribution in [-0.4, -0.2) is 27.4 Å². The third-order valence-electron chi connectivity index (χ3n) is 4.18. The third-order valence-corrected chi connectivity index (χ3v) is 4.18. The zero-order valence-electron chi connectivity index (χ0n) is 11.8. The molecule has 3 rings (SSSR count). The molecule has 1 aliphatic carbocycles. The molecular formula is C15H21N5. The second-order valence-corrected chi connectivity index (χ2v) is 5.49. The Bertz CT molecular complexity index is 577. The van der Waals surface area contributed by atoms with E-state index in [1.165, 1.54) is 19.3 Å². The van der Waals surface area contributed by atoms with E-state index in [1.54, 1.807) is 6.33 Å². The smallest absolute Gasteiger partial charge is 0.165 e. The van der Waals surface area contributed by atoms with E-state index in [1.807, 2.05) is 17.7 Å². The molecule has 2 unspecified atom stereocenters. The number of nitrogens with one attached hydrogen (secondary N) is 1. The average Bonchev–Trinajstić information content (AvgIpc) is 3.08. The zero-order chi connectivity index (χ0) is 13.9. The summed E-state index contributed by atoms with van der Waals surface area (Å²) in [6.07, 6.45) is 5.39. The van der Waals surface area contributed by atoms with Gasteiger partial charge >= 0.3 is 0 Å². The Morgan fingerprint density at radius 2 is 2.20 bits per heavy atom. The number of aryl methyl sites for hydroxylation is 1. The van der Waals surface area contributed by atoms with Gasteiger partial charge in [-0.15, -0.1) is 10.2 Å². The molecule has 0 aliphatic heterocycles. The monoisotopic (exact) mass is 271 g/mol. The van der Waals surface area contributed by atoms with Gasteiger partial charge in [-0.2, -0.15) is 0 Å². The predicted molar refractivity (Wildman–Crippen MR) is 80.2 cm³/mol. The molecule has 0 amide bonds. The van der Waals surface area contributed by atoms with Crippen molar-refractivity contribution in [1.29, 1.82) is 0 Å². The van der Waals surface area contributed by atoms with Crippen LogP contribution in [0.15, 0.2) is 30.6 Å². The summed E-state index contributed by atoms with van der Waals surface area (Å²) in [6.45, 7) is 0.754. The molecule has 0 bridgehead atoms. The van der Waals surface area contributed by atoms with Gasteiger partial charge in [0.2, 0.25) is 0 Å². The number of nitrogens with two attached hydrogens (primary N) is 1. The molecule has 1 aliphatic rings. The van der Waals surface area contributed by atoms with E-state index in [2.05, 4.69) is 33.7 Å². The van der Waals surface area contributed by atoms with Crippen LogP contribution in [0.2, 0.25) is 0 Å². The van der Waals surface area contributed by atoms with Crippen LogP contribution in [0.5, 0.6) is 0 Å². The van der Waals surface area contributed by atoms with Gasteiger partial charge in [-0.25, -0.2) is 0 Å². The minimum Gasteiger partial charge on any atom is -0.381 e. The molecule has 0 saturated heterocycles. The molecule has 5 nitrogen and oxygen atoms in total. The standard InChI is InChI=1S/C15H21N5/c1-20-10-17-19-15(20)12-6-2-3-7-14(12)18-13-8-4-5-11(13)9-16/h2-3,6-7,10-11,13,18H,4-5,8-9,16H2,1H3. The molecule has 3 N–H and O–H groups in total. The molecule has 20 heavy (non-hydrogen) atoms. The number of hydrogen-bond donors (Lipinski definition) is 2. The molecule has 0 spiro atoms. The molecule has 1 aromatic heterocycles. The van der Waals surface area contributed by atoms with Crippen molar-refractivity contribution < 1.29 is 0 Å². The lowest BCUT2D eigenvalue weighted by atomic mass is 10.0. The van der Waals surface area contributed by atoms with Crippen LogP contribution >= 0.6 is 0 Å². The van der Waals surface area contributed by atoms with Crippen molar-refractivity contribution >= 4 is 5.69 Å². The first-order valence-corrected chi connectivity index (χ1v) is 7.19. The first kappa shape index (κ1) is 13.1. The van der Waals surface area contributed by atoms with Crippen molar-refractivity contribution in [3.05, 3.63) is 30.6 Å². The molecule has 0 radical (unpaired) electrons. The lowest BCUT2D eigenvalue weighted by Crippen LogP contribution is -2.29. The van der Waals surface area contributed by atoms with Gasteiger partial charge in [0.05, 0.1) is 0 Å². The van der Waals surface area contributed by atoms with Crippen LogP contribution in [0.4, 0.5) is 5.69 Å². The van der Waals surface area contributed by atoms with E-state index in [0.717, 1.165) is 23.6 Å². The SMILES string of the molecule is Cn1cnnc1-c1ccccc1NC1CCCC1CN. The van der Waals surface area contributed by atoms with Crippen LogP contribution in [0.1, 0.15) is 19.3 Å². The van der Waals surface area contributed by atoms with E-state index in [9.17, 15) is 0 Å². The molecule has 1 saturated carbocycles. The second kappa shape index (κ2) is 5.63. The van der Waals surface area contributed by atoms with E-state index in [0.29, 0.717) is 12.0 Å². The topological polar surface area (TPSA) is 68.8 Å². The van der Waals surface area contributed by atoms with Crippen molar-refractivity contribution in [3.63, 3.8) is 0 Å². The number of aromatic nitrogens is 3. The molecule has 2 aromatic rings. The van der Waals surface area contributed by atoms with Crippen molar-refractivity contribution in [1.82, 2.24) is 14.8 Å². The molecule has 5 heteroatoms. The van der Waals surface area contributed by atoms with Gasteiger partial charge in [-0.1, -0.05) is 18.6 Å². The van der Waals surface area contributed by atoms with E-state index in [-0.39, 0.29) is 0 Å². The summed E-state index contributed by atoms with van der Waals surface area (Å²) in [5.41, 5.74) is 8.08. The lowest BCUT2D eigenvalue weighted by Gasteiger charge is -2.22. The third kappa shape index (κ3) is 2.41. The predicted octanol–water partition coefficient (Wildman–Crippen LogP) is 2.02. The highest BCUT2D eigenvalue weighted by Gasteiger charge is 2.26. The maximum absolute atomic E-state index is 5.87. The molecule has 1 aromatic carbocycles. The minimum absolute atomic E-state index is 0.467. The second-order valence-electron chi connectivity index (χ2n) is 5.49. The lowest BCUT2D eigenvalue weighted by molar-refractivity contribution is 0.517. The van der Waals surface area contributed by atoms with Gasteiger partial charge in [0.15, 0.2) is 5.82 Å². The molecule has 106 valence electrons. The molecule has 1 fully saturated rings. The number of nitrogens with zero attached hydrogens (tertiary/aromatic N) is 3. The zero-order valence-corrected chi connectivity index (χ0v) is 11.8. The summed E-state index contributed by atoms with van der Waals surface area (Å²) in [5, 5.41) is 11.8. The number of benzene rings is 1. The van der Waals surface area contributed by atoms with Crippen LogP contribution in [0.3, 0.4) is 0 Å². The highest BCUT2D eigenvalue weighted by molar-refractivity contribution is 5.73. The largest absolute Gasteiger partial charge is 0.381 e. The van der Waals surface area contributed by atoms with Gasteiger partial charge < -0.3 is 15.6 Å².